The first-order valence-corrected chi connectivity index (χ1v) is 12.7. The number of phosphoric acid groups is 1. The number of phosphoric ester groups is 1. The predicted octanol–water partition coefficient (Wildman–Crippen LogP) is 8.67. The molecule has 0 unspecified atom stereocenters. The van der Waals surface area contributed by atoms with E-state index in [4.69, 9.17) is 14.9 Å². The Morgan fingerprint density at radius 3 is 0.769 bits per heavy atom. The van der Waals surface area contributed by atoms with E-state index < -0.39 is 110 Å². The standard InChI is InChI=1S/C17H8F29O5P/c18-4(19,1-3(47)2-51-52(48,49)50)5(20,21)6(22,23)7(24,25)8(26,27)9(28,29)10(30,31)11(32,33)12(34,35)13(36,37)14(38,39)15(40,41)16(42,43)17(44,45)46/h3,47H,1-2H2,(H2,48,49,50)/t3-/m1/s1. The highest BCUT2D eigenvalue weighted by Gasteiger charge is 3.00. The van der Waals surface area contributed by atoms with Gasteiger partial charge in [0.15, 0.2) is 0 Å². The van der Waals surface area contributed by atoms with Gasteiger partial charge in [0.2, 0.25) is 0 Å². The van der Waals surface area contributed by atoms with Crippen LogP contribution < -0.4 is 0 Å². The average molecular weight is 874 g/mol. The van der Waals surface area contributed by atoms with Crippen LogP contribution in [0.15, 0.2) is 0 Å². The molecular weight excluding hydrogens is 866 g/mol. The lowest BCUT2D eigenvalue weighted by molar-refractivity contribution is -0.487. The van der Waals surface area contributed by atoms with Crippen molar-refractivity contribution >= 4 is 7.82 Å². The molecule has 0 heterocycles. The van der Waals surface area contributed by atoms with Gasteiger partial charge in [-0.15, -0.1) is 0 Å². The maximum Gasteiger partial charge on any atom is 0.469 e. The van der Waals surface area contributed by atoms with E-state index in [1.165, 1.54) is 0 Å². The van der Waals surface area contributed by atoms with E-state index in [2.05, 4.69) is 4.52 Å². The van der Waals surface area contributed by atoms with Crippen LogP contribution in [0.4, 0.5) is 127 Å². The predicted molar refractivity (Wildman–Crippen MR) is 99.0 cm³/mol. The molecule has 0 aliphatic rings. The van der Waals surface area contributed by atoms with Crippen LogP contribution in [0.2, 0.25) is 0 Å². The maximum atomic E-state index is 13.9. The van der Waals surface area contributed by atoms with E-state index in [0.717, 1.165) is 0 Å². The molecule has 1 atom stereocenters. The highest BCUT2D eigenvalue weighted by atomic mass is 31.2. The van der Waals surface area contributed by atoms with Crippen LogP contribution in [0, 0.1) is 0 Å². The van der Waals surface area contributed by atoms with Crippen LogP contribution >= 0.6 is 7.82 Å². The van der Waals surface area contributed by atoms with Crippen LogP contribution in [-0.2, 0) is 9.09 Å². The SMILES string of the molecule is O=P(O)(O)OC[C@H](O)CC(F)(F)C(F)(F)C(F)(F)C(F)(F)C(F)(F)C(F)(F)C(F)(F)C(F)(F)C(F)(F)C(F)(F)C(F)(F)C(F)(F)C(F)(F)C(F)(F)F. The fourth-order valence-corrected chi connectivity index (χ4v) is 3.41. The molecule has 0 saturated carbocycles. The zero-order valence-electron chi connectivity index (χ0n) is 22.6. The smallest absolute Gasteiger partial charge is 0.390 e. The minimum absolute atomic E-state index is 2.43. The summed E-state index contributed by atoms with van der Waals surface area (Å²) in [6, 6.07) is 0. The fourth-order valence-electron chi connectivity index (χ4n) is 3.05. The third-order valence-corrected chi connectivity index (χ3v) is 6.57. The summed E-state index contributed by atoms with van der Waals surface area (Å²) in [7, 11) is -5.94. The molecule has 0 bridgehead atoms. The van der Waals surface area contributed by atoms with E-state index in [1.54, 1.807) is 0 Å². The first-order chi connectivity index (χ1) is 21.9. The van der Waals surface area contributed by atoms with Gasteiger partial charge < -0.3 is 14.9 Å². The van der Waals surface area contributed by atoms with E-state index in [1.807, 2.05) is 0 Å². The van der Waals surface area contributed by atoms with E-state index in [-0.39, 0.29) is 0 Å². The van der Waals surface area contributed by atoms with Gasteiger partial charge >= 0.3 is 91.0 Å². The molecule has 35 heteroatoms. The second kappa shape index (κ2) is 12.8. The zero-order chi connectivity index (χ0) is 43.2. The molecule has 0 aromatic rings. The van der Waals surface area contributed by atoms with Crippen LogP contribution in [0.5, 0.6) is 0 Å². The third-order valence-electron chi connectivity index (χ3n) is 6.08. The van der Waals surface area contributed by atoms with E-state index in [9.17, 15) is 132 Å². The lowest BCUT2D eigenvalue weighted by atomic mass is 9.83. The van der Waals surface area contributed by atoms with Crippen molar-refractivity contribution in [2.75, 3.05) is 6.61 Å². The molecule has 0 fully saturated rings. The van der Waals surface area contributed by atoms with Gasteiger partial charge in [0.05, 0.1) is 12.7 Å². The maximum absolute atomic E-state index is 13.9. The minimum atomic E-state index is -10.0. The normalized spacial score (nSPS) is 17.5. The average Bonchev–Trinajstić information content (AvgIpc) is 2.89. The molecule has 0 aliphatic heterocycles. The summed E-state index contributed by atoms with van der Waals surface area (Å²) in [5.74, 6) is -122. The van der Waals surface area contributed by atoms with Gasteiger partial charge in [0.1, 0.15) is 0 Å². The summed E-state index contributed by atoms with van der Waals surface area (Å²) < 4.78 is 404. The summed E-state index contributed by atoms with van der Waals surface area (Å²) in [6.45, 7) is -2.43. The summed E-state index contributed by atoms with van der Waals surface area (Å²) in [4.78, 5) is 16.4. The van der Waals surface area contributed by atoms with Crippen molar-refractivity contribution in [2.45, 2.75) is 95.7 Å². The topological polar surface area (TPSA) is 87.0 Å². The van der Waals surface area contributed by atoms with Crippen LogP contribution in [0.25, 0.3) is 0 Å². The Hall–Kier alpha value is -1.96. The second-order valence-electron chi connectivity index (χ2n) is 9.74. The van der Waals surface area contributed by atoms with Crippen LogP contribution in [0.1, 0.15) is 6.42 Å². The monoisotopic (exact) mass is 874 g/mol. The van der Waals surface area contributed by atoms with Gasteiger partial charge in [-0.1, -0.05) is 0 Å². The third kappa shape index (κ3) is 6.69. The molecule has 0 rings (SSSR count). The molecule has 3 N–H and O–H groups in total. The van der Waals surface area contributed by atoms with Crippen molar-refractivity contribution < 1.29 is 151 Å². The number of halogens is 29. The lowest BCUT2D eigenvalue weighted by Crippen LogP contribution is -2.79. The Balaban J connectivity index is 7.39. The molecule has 314 valence electrons. The fraction of sp³-hybridized carbons (Fsp3) is 1.00. The first kappa shape index (κ1) is 50.0. The molecule has 0 radical (unpaired) electrons. The molecule has 0 spiro atoms. The van der Waals surface area contributed by atoms with E-state index >= 15 is 0 Å². The van der Waals surface area contributed by atoms with Gasteiger partial charge in [-0.2, -0.15) is 127 Å². The van der Waals surface area contributed by atoms with Gasteiger partial charge in [-0.25, -0.2) is 4.57 Å². The van der Waals surface area contributed by atoms with Crippen molar-refractivity contribution in [3.63, 3.8) is 0 Å². The van der Waals surface area contributed by atoms with Gasteiger partial charge in [-0.3, -0.25) is 4.52 Å². The number of rotatable bonds is 17. The Morgan fingerprint density at radius 1 is 0.385 bits per heavy atom. The minimum Gasteiger partial charge on any atom is -0.390 e. The molecule has 5 nitrogen and oxygen atoms in total. The Kier molecular flexibility index (Phi) is 12.3. The summed E-state index contributed by atoms with van der Waals surface area (Å²) in [6.07, 6.45) is -15.8. The quantitative estimate of drug-likeness (QED) is 0.101. The number of hydrogen-bond acceptors (Lipinski definition) is 3. The van der Waals surface area contributed by atoms with Crippen LogP contribution in [-0.4, -0.2) is 111 Å². The van der Waals surface area contributed by atoms with E-state index in [0.29, 0.717) is 0 Å². The summed E-state index contributed by atoms with van der Waals surface area (Å²) in [5, 5.41) is 8.90. The number of hydrogen-bond donors (Lipinski definition) is 3. The van der Waals surface area contributed by atoms with Crippen molar-refractivity contribution in [3.05, 3.63) is 0 Å². The molecular formula is C17H8F29O5P. The molecule has 0 amide bonds. The summed E-state index contributed by atoms with van der Waals surface area (Å²) >= 11 is 0. The van der Waals surface area contributed by atoms with Crippen LogP contribution in [0.3, 0.4) is 0 Å². The highest BCUT2D eigenvalue weighted by molar-refractivity contribution is 7.46. The summed E-state index contributed by atoms with van der Waals surface area (Å²) in [5.41, 5.74) is 0. The highest BCUT2D eigenvalue weighted by Crippen LogP contribution is 2.69. The molecule has 0 aliphatic carbocycles. The van der Waals surface area contributed by atoms with Crippen molar-refractivity contribution in [2.24, 2.45) is 0 Å². The zero-order valence-corrected chi connectivity index (χ0v) is 23.5. The first-order valence-electron chi connectivity index (χ1n) is 11.2. The number of alkyl halides is 29. The molecule has 0 saturated heterocycles. The Labute approximate surface area is 262 Å². The number of aliphatic hydroxyl groups is 1. The largest absolute Gasteiger partial charge is 0.469 e. The Bertz CT molecular complexity index is 1330. The van der Waals surface area contributed by atoms with Crippen molar-refractivity contribution in [1.29, 1.82) is 0 Å². The van der Waals surface area contributed by atoms with Gasteiger partial charge in [0, 0.05) is 6.42 Å². The molecule has 0 aromatic heterocycles. The second-order valence-corrected chi connectivity index (χ2v) is 11.0. The van der Waals surface area contributed by atoms with Gasteiger partial charge in [0.25, 0.3) is 0 Å². The lowest BCUT2D eigenvalue weighted by Gasteiger charge is -2.46. The van der Waals surface area contributed by atoms with Crippen molar-refractivity contribution in [3.8, 4) is 0 Å². The molecule has 52 heavy (non-hydrogen) atoms. The Morgan fingerprint density at radius 2 is 0.577 bits per heavy atom. The van der Waals surface area contributed by atoms with Crippen molar-refractivity contribution in [1.82, 2.24) is 0 Å². The van der Waals surface area contributed by atoms with Gasteiger partial charge in [-0.05, 0) is 0 Å². The molecule has 0 aromatic carbocycles. The number of aliphatic hydroxyl groups excluding tert-OH is 1.